The van der Waals surface area contributed by atoms with Crippen molar-refractivity contribution in [1.29, 1.82) is 0 Å². The van der Waals surface area contributed by atoms with E-state index in [4.69, 9.17) is 24.9 Å². The Morgan fingerprint density at radius 2 is 2.00 bits per heavy atom. The van der Waals surface area contributed by atoms with E-state index in [-0.39, 0.29) is 11.9 Å². The van der Waals surface area contributed by atoms with Crippen LogP contribution in [0.4, 0.5) is 16.2 Å². The predicted molar refractivity (Wildman–Crippen MR) is 127 cm³/mol. The average molecular weight is 465 g/mol. The van der Waals surface area contributed by atoms with Crippen molar-refractivity contribution in [1.82, 2.24) is 19.7 Å². The standard InChI is InChI=1S/C24H25FN6O3/c1-32-18-9-8-14(11-19(18)33-2)21-20-22(26)31(16-6-3-5-15(25)12-16)30-23(20)29-24(28-21)27-13-17-7-4-10-34-17/h3,5-6,8-9,11-12,17H,4,7,10,13,26H2,1-2H3,(H,27,29,30)/t17-/m1/s1. The third kappa shape index (κ3) is 4.08. The molecule has 3 N–H and O–H groups in total. The van der Waals surface area contributed by atoms with Gasteiger partial charge >= 0.3 is 0 Å². The van der Waals surface area contributed by atoms with E-state index >= 15 is 0 Å². The van der Waals surface area contributed by atoms with Gasteiger partial charge in [0.15, 0.2) is 17.1 Å². The molecule has 2 aromatic carbocycles. The maximum absolute atomic E-state index is 13.9. The lowest BCUT2D eigenvalue weighted by Crippen LogP contribution is -2.19. The summed E-state index contributed by atoms with van der Waals surface area (Å²) in [5.41, 5.74) is 8.70. The Morgan fingerprint density at radius 3 is 2.74 bits per heavy atom. The number of nitrogen functional groups attached to an aromatic ring is 1. The van der Waals surface area contributed by atoms with Crippen LogP contribution in [0.1, 0.15) is 12.8 Å². The molecule has 34 heavy (non-hydrogen) atoms. The van der Waals surface area contributed by atoms with E-state index in [0.717, 1.165) is 25.0 Å². The molecule has 2 aromatic heterocycles. The van der Waals surface area contributed by atoms with Gasteiger partial charge in [0.25, 0.3) is 0 Å². The number of nitrogens with one attached hydrogen (secondary N) is 1. The Labute approximate surface area is 195 Å². The minimum Gasteiger partial charge on any atom is -0.493 e. The van der Waals surface area contributed by atoms with Crippen molar-refractivity contribution in [2.24, 2.45) is 0 Å². The summed E-state index contributed by atoms with van der Waals surface area (Å²) in [6, 6.07) is 11.6. The molecule has 5 rings (SSSR count). The Morgan fingerprint density at radius 1 is 1.15 bits per heavy atom. The summed E-state index contributed by atoms with van der Waals surface area (Å²) in [6.07, 6.45) is 2.13. The summed E-state index contributed by atoms with van der Waals surface area (Å²) in [5, 5.41) is 8.39. The Hall–Kier alpha value is -3.92. The van der Waals surface area contributed by atoms with Crippen LogP contribution in [0.2, 0.25) is 0 Å². The highest BCUT2D eigenvalue weighted by Crippen LogP contribution is 2.37. The lowest BCUT2D eigenvalue weighted by molar-refractivity contribution is 0.120. The van der Waals surface area contributed by atoms with Gasteiger partial charge in [-0.1, -0.05) is 6.07 Å². The van der Waals surface area contributed by atoms with Gasteiger partial charge in [0, 0.05) is 18.7 Å². The molecule has 3 heterocycles. The Kier molecular flexibility index (Phi) is 5.89. The van der Waals surface area contributed by atoms with Gasteiger partial charge in [-0.15, -0.1) is 5.10 Å². The SMILES string of the molecule is COc1ccc(-c2nc(NC[C@H]3CCCO3)nc3nn(-c4cccc(F)c4)c(N)c23)cc1OC. The molecule has 0 radical (unpaired) electrons. The second-order valence-corrected chi connectivity index (χ2v) is 7.96. The summed E-state index contributed by atoms with van der Waals surface area (Å²) < 4.78 is 31.9. The summed E-state index contributed by atoms with van der Waals surface area (Å²) in [4.78, 5) is 9.36. The highest BCUT2D eigenvalue weighted by Gasteiger charge is 2.22. The molecular weight excluding hydrogens is 439 g/mol. The number of ether oxygens (including phenoxy) is 3. The smallest absolute Gasteiger partial charge is 0.225 e. The predicted octanol–water partition coefficient (Wildman–Crippen LogP) is 3.81. The number of halogens is 1. The second kappa shape index (κ2) is 9.14. The lowest BCUT2D eigenvalue weighted by atomic mass is 10.1. The fourth-order valence-electron chi connectivity index (χ4n) is 4.10. The number of nitrogens with zero attached hydrogens (tertiary/aromatic N) is 4. The van der Waals surface area contributed by atoms with Crippen LogP contribution in [0.3, 0.4) is 0 Å². The van der Waals surface area contributed by atoms with E-state index in [0.29, 0.717) is 52.2 Å². The van der Waals surface area contributed by atoms with Gasteiger partial charge in [-0.05, 0) is 49.2 Å². The highest BCUT2D eigenvalue weighted by molar-refractivity contribution is 5.99. The molecule has 1 aliphatic heterocycles. The molecule has 1 fully saturated rings. The molecule has 0 aliphatic carbocycles. The highest BCUT2D eigenvalue weighted by atomic mass is 19.1. The van der Waals surface area contributed by atoms with E-state index < -0.39 is 0 Å². The van der Waals surface area contributed by atoms with Crippen LogP contribution in [-0.2, 0) is 4.74 Å². The number of anilines is 2. The molecule has 10 heteroatoms. The van der Waals surface area contributed by atoms with Crippen LogP contribution in [0.15, 0.2) is 42.5 Å². The first-order valence-electron chi connectivity index (χ1n) is 11.0. The van der Waals surface area contributed by atoms with Crippen molar-refractivity contribution in [2.75, 3.05) is 38.4 Å². The van der Waals surface area contributed by atoms with Crippen molar-refractivity contribution in [3.63, 3.8) is 0 Å². The number of nitrogens with two attached hydrogens (primary N) is 1. The lowest BCUT2D eigenvalue weighted by Gasteiger charge is -2.13. The first-order chi connectivity index (χ1) is 16.6. The Bertz CT molecular complexity index is 1340. The molecule has 4 aromatic rings. The third-order valence-corrected chi connectivity index (χ3v) is 5.79. The number of hydrogen-bond donors (Lipinski definition) is 2. The van der Waals surface area contributed by atoms with Gasteiger partial charge in [0.1, 0.15) is 11.6 Å². The number of aromatic nitrogens is 4. The van der Waals surface area contributed by atoms with E-state index in [1.807, 2.05) is 12.1 Å². The van der Waals surface area contributed by atoms with Gasteiger partial charge in [0.05, 0.1) is 37.1 Å². The second-order valence-electron chi connectivity index (χ2n) is 7.96. The van der Waals surface area contributed by atoms with Gasteiger partial charge < -0.3 is 25.3 Å². The molecule has 176 valence electrons. The van der Waals surface area contributed by atoms with Crippen LogP contribution in [0, 0.1) is 5.82 Å². The quantitative estimate of drug-likeness (QED) is 0.425. The molecule has 1 aliphatic rings. The average Bonchev–Trinajstić information content (AvgIpc) is 3.50. The molecular formula is C24H25FN6O3. The van der Waals surface area contributed by atoms with Crippen LogP contribution >= 0.6 is 0 Å². The van der Waals surface area contributed by atoms with Crippen LogP contribution in [0.5, 0.6) is 11.5 Å². The van der Waals surface area contributed by atoms with Gasteiger partial charge in [-0.3, -0.25) is 0 Å². The fraction of sp³-hybridized carbons (Fsp3) is 0.292. The number of fused-ring (bicyclic) bond motifs is 1. The zero-order valence-electron chi connectivity index (χ0n) is 18.9. The minimum atomic E-state index is -0.387. The van der Waals surface area contributed by atoms with Crippen molar-refractivity contribution in [2.45, 2.75) is 18.9 Å². The first kappa shape index (κ1) is 21.9. The zero-order valence-corrected chi connectivity index (χ0v) is 18.9. The molecule has 1 saturated heterocycles. The molecule has 0 spiro atoms. The maximum Gasteiger partial charge on any atom is 0.225 e. The summed E-state index contributed by atoms with van der Waals surface area (Å²) >= 11 is 0. The first-order valence-corrected chi connectivity index (χ1v) is 11.0. The van der Waals surface area contributed by atoms with Crippen molar-refractivity contribution >= 4 is 22.8 Å². The molecule has 0 saturated carbocycles. The third-order valence-electron chi connectivity index (χ3n) is 5.79. The monoisotopic (exact) mass is 464 g/mol. The molecule has 0 unspecified atom stereocenters. The Balaban J connectivity index is 1.65. The van der Waals surface area contributed by atoms with E-state index in [9.17, 15) is 4.39 Å². The summed E-state index contributed by atoms with van der Waals surface area (Å²) in [6.45, 7) is 1.34. The van der Waals surface area contributed by atoms with Crippen molar-refractivity contribution in [3.05, 3.63) is 48.3 Å². The normalized spacial score (nSPS) is 15.6. The largest absolute Gasteiger partial charge is 0.493 e. The number of hydrogen-bond acceptors (Lipinski definition) is 8. The molecule has 0 bridgehead atoms. The minimum absolute atomic E-state index is 0.110. The van der Waals surface area contributed by atoms with Crippen LogP contribution in [-0.4, -0.2) is 53.2 Å². The maximum atomic E-state index is 13.9. The van der Waals surface area contributed by atoms with Crippen molar-refractivity contribution in [3.8, 4) is 28.4 Å². The number of benzene rings is 2. The van der Waals surface area contributed by atoms with E-state index in [1.54, 1.807) is 32.4 Å². The van der Waals surface area contributed by atoms with Gasteiger partial charge in [0.2, 0.25) is 5.95 Å². The number of rotatable bonds is 7. The van der Waals surface area contributed by atoms with Crippen LogP contribution in [0.25, 0.3) is 28.0 Å². The van der Waals surface area contributed by atoms with E-state index in [2.05, 4.69) is 15.4 Å². The van der Waals surface area contributed by atoms with Gasteiger partial charge in [-0.25, -0.2) is 14.1 Å². The van der Waals surface area contributed by atoms with E-state index in [1.165, 1.54) is 16.8 Å². The molecule has 1 atom stereocenters. The summed E-state index contributed by atoms with van der Waals surface area (Å²) in [7, 11) is 3.15. The topological polar surface area (TPSA) is 109 Å². The molecule has 9 nitrogen and oxygen atoms in total. The summed E-state index contributed by atoms with van der Waals surface area (Å²) in [5.74, 6) is 1.46. The van der Waals surface area contributed by atoms with Crippen LogP contribution < -0.4 is 20.5 Å². The molecule has 0 amide bonds. The fourth-order valence-corrected chi connectivity index (χ4v) is 4.10. The zero-order chi connectivity index (χ0) is 23.7. The van der Waals surface area contributed by atoms with Gasteiger partial charge in [-0.2, -0.15) is 4.98 Å². The van der Waals surface area contributed by atoms with Crippen molar-refractivity contribution < 1.29 is 18.6 Å². The number of methoxy groups -OCH3 is 2.